The first kappa shape index (κ1) is 25.4. The number of carbonyl (C=O) groups is 2. The van der Waals surface area contributed by atoms with Crippen molar-refractivity contribution < 1.29 is 19.4 Å². The number of thiazole rings is 1. The van der Waals surface area contributed by atoms with Crippen molar-refractivity contribution in [2.45, 2.75) is 33.2 Å². The van der Waals surface area contributed by atoms with E-state index in [0.29, 0.717) is 23.1 Å². The molecule has 1 aliphatic rings. The van der Waals surface area contributed by atoms with Crippen LogP contribution in [0.4, 0.5) is 5.13 Å². The van der Waals surface area contributed by atoms with E-state index in [1.165, 1.54) is 22.3 Å². The second-order valence-electron chi connectivity index (χ2n) is 9.29. The zero-order valence-electron chi connectivity index (χ0n) is 21.5. The number of anilines is 1. The Morgan fingerprint density at radius 3 is 2.66 bits per heavy atom. The van der Waals surface area contributed by atoms with E-state index in [1.807, 2.05) is 87.5 Å². The summed E-state index contributed by atoms with van der Waals surface area (Å²) in [6, 6.07) is 19.9. The predicted molar refractivity (Wildman–Crippen MR) is 152 cm³/mol. The van der Waals surface area contributed by atoms with Gasteiger partial charge >= 0.3 is 0 Å². The fourth-order valence-electron chi connectivity index (χ4n) is 4.65. The average molecular weight is 525 g/mol. The van der Waals surface area contributed by atoms with Crippen molar-refractivity contribution >= 4 is 44.5 Å². The number of hydrogen-bond acceptors (Lipinski definition) is 6. The maximum atomic E-state index is 13.5. The van der Waals surface area contributed by atoms with E-state index in [2.05, 4.69) is 0 Å². The Hall–Kier alpha value is -4.23. The van der Waals surface area contributed by atoms with Crippen LogP contribution in [0, 0.1) is 13.8 Å². The van der Waals surface area contributed by atoms with Gasteiger partial charge in [0.2, 0.25) is 0 Å². The molecule has 7 heteroatoms. The molecule has 1 atom stereocenters. The minimum absolute atomic E-state index is 0.0157. The van der Waals surface area contributed by atoms with Crippen molar-refractivity contribution in [1.82, 2.24) is 4.98 Å². The maximum absolute atomic E-state index is 13.5. The second kappa shape index (κ2) is 10.6. The van der Waals surface area contributed by atoms with E-state index in [4.69, 9.17) is 9.72 Å². The number of aliphatic hydroxyl groups is 1. The Morgan fingerprint density at radius 1 is 1.11 bits per heavy atom. The van der Waals surface area contributed by atoms with Gasteiger partial charge in [-0.3, -0.25) is 14.5 Å². The smallest absolute Gasteiger partial charge is 0.296 e. The molecule has 0 spiro atoms. The van der Waals surface area contributed by atoms with Crippen LogP contribution in [-0.2, 0) is 9.59 Å². The van der Waals surface area contributed by atoms with E-state index in [-0.39, 0.29) is 5.57 Å². The largest absolute Gasteiger partial charge is 0.503 e. The number of allylic oxidation sites excluding steroid dienone is 1. The molecule has 1 aliphatic heterocycles. The normalized spacial score (nSPS) is 15.7. The van der Waals surface area contributed by atoms with Crippen LogP contribution in [0.25, 0.3) is 16.3 Å². The molecule has 1 aromatic heterocycles. The fourth-order valence-corrected chi connectivity index (χ4v) is 5.82. The number of nitrogens with zero attached hydrogens (tertiary/aromatic N) is 2. The molecule has 5 rings (SSSR count). The highest BCUT2D eigenvalue weighted by Gasteiger charge is 2.45. The van der Waals surface area contributed by atoms with Crippen LogP contribution in [0.5, 0.6) is 5.75 Å². The van der Waals surface area contributed by atoms with Crippen molar-refractivity contribution in [2.75, 3.05) is 11.5 Å². The van der Waals surface area contributed by atoms with E-state index in [0.717, 1.165) is 33.3 Å². The summed E-state index contributed by atoms with van der Waals surface area (Å²) in [4.78, 5) is 33.3. The van der Waals surface area contributed by atoms with Crippen molar-refractivity contribution in [1.29, 1.82) is 0 Å². The molecule has 3 aromatic carbocycles. The number of aryl methyl sites for hydroxylation is 2. The van der Waals surface area contributed by atoms with Gasteiger partial charge in [0.1, 0.15) is 5.75 Å². The third-order valence-electron chi connectivity index (χ3n) is 6.37. The van der Waals surface area contributed by atoms with Gasteiger partial charge in [-0.1, -0.05) is 72.9 Å². The molecule has 38 heavy (non-hydrogen) atoms. The topological polar surface area (TPSA) is 79.7 Å². The minimum atomic E-state index is -0.859. The second-order valence-corrected chi connectivity index (χ2v) is 10.3. The quantitative estimate of drug-likeness (QED) is 0.254. The Balaban J connectivity index is 1.62. The van der Waals surface area contributed by atoms with Crippen LogP contribution < -0.4 is 9.64 Å². The van der Waals surface area contributed by atoms with Gasteiger partial charge in [-0.2, -0.15) is 0 Å². The highest BCUT2D eigenvalue weighted by atomic mass is 32.1. The molecule has 192 valence electrons. The molecule has 2 heterocycles. The molecule has 1 unspecified atom stereocenters. The molecule has 6 nitrogen and oxygen atoms in total. The van der Waals surface area contributed by atoms with Crippen LogP contribution >= 0.6 is 11.3 Å². The average Bonchev–Trinajstić information content (AvgIpc) is 3.45. The number of aromatic nitrogens is 1. The highest BCUT2D eigenvalue weighted by molar-refractivity contribution is 7.22. The monoisotopic (exact) mass is 524 g/mol. The molecule has 1 amide bonds. The third-order valence-corrected chi connectivity index (χ3v) is 7.37. The van der Waals surface area contributed by atoms with Crippen LogP contribution in [0.3, 0.4) is 0 Å². The molecule has 0 saturated carbocycles. The van der Waals surface area contributed by atoms with Crippen LogP contribution in [0.1, 0.15) is 41.6 Å². The standard InChI is InChI=1S/C31H28N2O4S/c1-4-15-37-23-12-8-11-22(18-23)28-26(24(34)14-13-21-9-6-5-7-10-21)29(35)30(36)33(28)31-32-27-20(3)16-19(2)17-25(27)38-31/h5-14,16-18,28,35H,4,15H2,1-3H3. The number of rotatable bonds is 8. The highest BCUT2D eigenvalue weighted by Crippen LogP contribution is 2.44. The zero-order chi connectivity index (χ0) is 26.8. The number of aliphatic hydroxyl groups excluding tert-OH is 1. The van der Waals surface area contributed by atoms with Gasteiger partial charge in [0.25, 0.3) is 5.91 Å². The summed E-state index contributed by atoms with van der Waals surface area (Å²) in [5.74, 6) is -1.03. The SMILES string of the molecule is CCCOc1cccc(C2C(C(=O)C=Cc3ccccc3)=C(O)C(=O)N2c2nc3c(C)cc(C)cc3s2)c1. The van der Waals surface area contributed by atoms with Crippen molar-refractivity contribution in [2.24, 2.45) is 0 Å². The van der Waals surface area contributed by atoms with Gasteiger partial charge in [-0.15, -0.1) is 0 Å². The number of benzene rings is 3. The lowest BCUT2D eigenvalue weighted by Crippen LogP contribution is -2.30. The first-order chi connectivity index (χ1) is 18.4. The molecule has 4 aromatic rings. The summed E-state index contributed by atoms with van der Waals surface area (Å²) >= 11 is 1.36. The Kier molecular flexibility index (Phi) is 7.11. The van der Waals surface area contributed by atoms with Gasteiger partial charge in [-0.25, -0.2) is 4.98 Å². The molecular weight excluding hydrogens is 496 g/mol. The number of fused-ring (bicyclic) bond motifs is 1. The number of hydrogen-bond donors (Lipinski definition) is 1. The molecule has 0 aliphatic carbocycles. The minimum Gasteiger partial charge on any atom is -0.503 e. The van der Waals surface area contributed by atoms with E-state index in [9.17, 15) is 14.7 Å². The Morgan fingerprint density at radius 2 is 1.89 bits per heavy atom. The van der Waals surface area contributed by atoms with E-state index < -0.39 is 23.5 Å². The van der Waals surface area contributed by atoms with Crippen molar-refractivity contribution in [3.8, 4) is 5.75 Å². The summed E-state index contributed by atoms with van der Waals surface area (Å²) in [6.07, 6.45) is 3.92. The molecule has 0 fully saturated rings. The molecule has 0 bridgehead atoms. The van der Waals surface area contributed by atoms with Gasteiger partial charge in [0.15, 0.2) is 16.7 Å². The summed E-state index contributed by atoms with van der Waals surface area (Å²) < 4.78 is 6.77. The Labute approximate surface area is 225 Å². The van der Waals surface area contributed by atoms with E-state index in [1.54, 1.807) is 6.08 Å². The molecule has 0 saturated heterocycles. The summed E-state index contributed by atoms with van der Waals surface area (Å²) in [5.41, 5.74) is 4.40. The van der Waals surface area contributed by atoms with Gasteiger partial charge in [-0.05, 0) is 66.8 Å². The van der Waals surface area contributed by atoms with E-state index >= 15 is 0 Å². The molecule has 1 N–H and O–H groups in total. The lowest BCUT2D eigenvalue weighted by molar-refractivity contribution is -0.117. The van der Waals surface area contributed by atoms with Crippen LogP contribution in [0.15, 0.2) is 84.1 Å². The molecule has 0 radical (unpaired) electrons. The summed E-state index contributed by atoms with van der Waals surface area (Å²) in [7, 11) is 0. The summed E-state index contributed by atoms with van der Waals surface area (Å²) in [5, 5.41) is 11.5. The third kappa shape index (κ3) is 4.85. The van der Waals surface area contributed by atoms with Crippen molar-refractivity contribution in [3.05, 3.63) is 106 Å². The predicted octanol–water partition coefficient (Wildman–Crippen LogP) is 6.88. The lowest BCUT2D eigenvalue weighted by Gasteiger charge is -2.24. The zero-order valence-corrected chi connectivity index (χ0v) is 22.3. The number of amides is 1. The van der Waals surface area contributed by atoms with Crippen LogP contribution in [-0.4, -0.2) is 28.4 Å². The fraction of sp³-hybridized carbons (Fsp3) is 0.194. The van der Waals surface area contributed by atoms with Crippen LogP contribution in [0.2, 0.25) is 0 Å². The lowest BCUT2D eigenvalue weighted by atomic mass is 9.95. The number of ketones is 1. The first-order valence-electron chi connectivity index (χ1n) is 12.5. The number of carbonyl (C=O) groups excluding carboxylic acids is 2. The molecular formula is C31H28N2O4S. The summed E-state index contributed by atoms with van der Waals surface area (Å²) in [6.45, 7) is 6.56. The van der Waals surface area contributed by atoms with Gasteiger partial charge in [0, 0.05) is 0 Å². The van der Waals surface area contributed by atoms with Gasteiger partial charge in [0.05, 0.1) is 28.4 Å². The number of ether oxygens (including phenoxy) is 1. The van der Waals surface area contributed by atoms with Gasteiger partial charge < -0.3 is 9.84 Å². The van der Waals surface area contributed by atoms with Crippen molar-refractivity contribution in [3.63, 3.8) is 0 Å². The first-order valence-corrected chi connectivity index (χ1v) is 13.3. The maximum Gasteiger partial charge on any atom is 0.296 e. The Bertz CT molecular complexity index is 1590.